The van der Waals surface area contributed by atoms with Gasteiger partial charge in [-0.1, -0.05) is 12.1 Å². The van der Waals surface area contributed by atoms with E-state index in [1.165, 1.54) is 5.56 Å². The molecule has 0 aliphatic rings. The first-order valence-electron chi connectivity index (χ1n) is 8.10. The molecule has 0 unspecified atom stereocenters. The van der Waals surface area contributed by atoms with E-state index < -0.39 is 0 Å². The molecule has 0 spiro atoms. The lowest BCUT2D eigenvalue weighted by atomic mass is 10.2. The molecule has 0 saturated carbocycles. The van der Waals surface area contributed by atoms with Gasteiger partial charge in [-0.3, -0.25) is 0 Å². The molecule has 0 aliphatic heterocycles. The molecule has 0 fully saturated rings. The first-order chi connectivity index (χ1) is 12.2. The summed E-state index contributed by atoms with van der Waals surface area (Å²) in [5, 5.41) is 0. The normalized spacial score (nSPS) is 10.6. The lowest BCUT2D eigenvalue weighted by Gasteiger charge is -2.06. The molecule has 0 amide bonds. The van der Waals surface area contributed by atoms with Crippen LogP contribution in [0.15, 0.2) is 59.2 Å². The molecule has 0 aliphatic carbocycles. The second kappa shape index (κ2) is 8.62. The number of aromatic nitrogens is 1. The summed E-state index contributed by atoms with van der Waals surface area (Å²) >= 11 is 1.78. The Hall–Kier alpha value is -2.40. The summed E-state index contributed by atoms with van der Waals surface area (Å²) in [6.45, 7) is 2.74. The highest BCUT2D eigenvalue weighted by atomic mass is 32.2. The molecular weight excluding hydrogens is 334 g/mol. The quantitative estimate of drug-likeness (QED) is 0.534. The van der Waals surface area contributed by atoms with Gasteiger partial charge in [-0.15, -0.1) is 0 Å². The molecule has 0 N–H and O–H groups in total. The van der Waals surface area contributed by atoms with Gasteiger partial charge in [0.15, 0.2) is 0 Å². The van der Waals surface area contributed by atoms with Crippen LogP contribution in [0.1, 0.15) is 11.3 Å². The predicted octanol–water partition coefficient (Wildman–Crippen LogP) is 4.97. The van der Waals surface area contributed by atoms with Gasteiger partial charge in [0.05, 0.1) is 19.4 Å². The maximum absolute atomic E-state index is 5.74. The summed E-state index contributed by atoms with van der Waals surface area (Å²) in [5.41, 5.74) is 3.09. The molecule has 5 heteroatoms. The molecule has 1 aromatic heterocycles. The number of thioether (sulfide) groups is 1. The Balaban J connectivity index is 1.44. The predicted molar refractivity (Wildman–Crippen MR) is 101 cm³/mol. The number of ether oxygens (including phenoxy) is 2. The summed E-state index contributed by atoms with van der Waals surface area (Å²) in [4.78, 5) is 4.53. The van der Waals surface area contributed by atoms with Crippen molar-refractivity contribution in [1.29, 1.82) is 0 Å². The molecule has 4 nitrogen and oxygen atoms in total. The molecular formula is C20H21NO3S. The van der Waals surface area contributed by atoms with Gasteiger partial charge in [0, 0.05) is 17.1 Å². The zero-order valence-electron chi connectivity index (χ0n) is 14.4. The Morgan fingerprint density at radius 1 is 1.08 bits per heavy atom. The molecule has 1 heterocycles. The number of oxazole rings is 1. The molecule has 3 rings (SSSR count). The molecule has 2 aromatic carbocycles. The molecule has 0 atom stereocenters. The van der Waals surface area contributed by atoms with Crippen molar-refractivity contribution in [3.63, 3.8) is 0 Å². The van der Waals surface area contributed by atoms with Crippen LogP contribution in [0.5, 0.6) is 11.5 Å². The van der Waals surface area contributed by atoms with Crippen LogP contribution in [0.25, 0.3) is 11.5 Å². The first kappa shape index (κ1) is 17.4. The van der Waals surface area contributed by atoms with Gasteiger partial charge in [-0.2, -0.15) is 11.8 Å². The van der Waals surface area contributed by atoms with E-state index in [0.717, 1.165) is 34.3 Å². The van der Waals surface area contributed by atoms with Crippen molar-refractivity contribution in [3.05, 3.63) is 66.1 Å². The lowest BCUT2D eigenvalue weighted by molar-refractivity contribution is 0.343. The summed E-state index contributed by atoms with van der Waals surface area (Å²) in [7, 11) is 1.65. The van der Waals surface area contributed by atoms with Crippen LogP contribution >= 0.6 is 11.8 Å². The molecule has 25 heavy (non-hydrogen) atoms. The molecule has 130 valence electrons. The van der Waals surface area contributed by atoms with Crippen LogP contribution in [0.4, 0.5) is 0 Å². The zero-order valence-corrected chi connectivity index (χ0v) is 15.2. The Bertz CT molecular complexity index is 799. The minimum absolute atomic E-state index is 0.634. The highest BCUT2D eigenvalue weighted by molar-refractivity contribution is 7.98. The van der Waals surface area contributed by atoms with Gasteiger partial charge in [0.1, 0.15) is 17.8 Å². The third-order valence-corrected chi connectivity index (χ3v) is 4.58. The Morgan fingerprint density at radius 2 is 1.92 bits per heavy atom. The van der Waals surface area contributed by atoms with E-state index >= 15 is 0 Å². The van der Waals surface area contributed by atoms with Crippen molar-refractivity contribution in [1.82, 2.24) is 4.98 Å². The van der Waals surface area contributed by atoms with E-state index in [4.69, 9.17) is 13.9 Å². The Kier molecular flexibility index (Phi) is 6.01. The summed E-state index contributed by atoms with van der Waals surface area (Å²) in [6.07, 6.45) is 1.72. The SMILES string of the molecule is COc1ccc(-c2nc(CSCCOc3cccc(C)c3)co2)cc1. The lowest BCUT2D eigenvalue weighted by Crippen LogP contribution is -2.00. The highest BCUT2D eigenvalue weighted by Crippen LogP contribution is 2.23. The second-order valence-electron chi connectivity index (χ2n) is 5.59. The minimum Gasteiger partial charge on any atom is -0.497 e. The maximum atomic E-state index is 5.74. The van der Waals surface area contributed by atoms with Crippen LogP contribution in [-0.2, 0) is 5.75 Å². The fraction of sp³-hybridized carbons (Fsp3) is 0.250. The van der Waals surface area contributed by atoms with Crippen molar-refractivity contribution >= 4 is 11.8 Å². The van der Waals surface area contributed by atoms with Gasteiger partial charge in [0.25, 0.3) is 0 Å². The molecule has 0 saturated heterocycles. The Labute approximate surface area is 152 Å². The number of rotatable bonds is 8. The topological polar surface area (TPSA) is 44.5 Å². The van der Waals surface area contributed by atoms with Gasteiger partial charge in [-0.05, 0) is 48.9 Å². The van der Waals surface area contributed by atoms with Crippen molar-refractivity contribution in [3.8, 4) is 23.0 Å². The number of benzene rings is 2. The highest BCUT2D eigenvalue weighted by Gasteiger charge is 2.07. The third-order valence-electron chi connectivity index (χ3n) is 3.62. The number of hydrogen-bond acceptors (Lipinski definition) is 5. The third kappa shape index (κ3) is 5.03. The first-order valence-corrected chi connectivity index (χ1v) is 9.26. The van der Waals surface area contributed by atoms with Crippen LogP contribution in [0, 0.1) is 6.92 Å². The van der Waals surface area contributed by atoms with Crippen LogP contribution in [-0.4, -0.2) is 24.5 Å². The molecule has 0 radical (unpaired) electrons. The fourth-order valence-corrected chi connectivity index (χ4v) is 3.03. The van der Waals surface area contributed by atoms with Crippen LogP contribution < -0.4 is 9.47 Å². The van der Waals surface area contributed by atoms with E-state index in [9.17, 15) is 0 Å². The number of nitrogens with zero attached hydrogens (tertiary/aromatic N) is 1. The van der Waals surface area contributed by atoms with E-state index in [1.807, 2.05) is 42.5 Å². The fourth-order valence-electron chi connectivity index (χ4n) is 2.34. The van der Waals surface area contributed by atoms with Crippen molar-refractivity contribution in [2.45, 2.75) is 12.7 Å². The zero-order chi connectivity index (χ0) is 17.5. The van der Waals surface area contributed by atoms with Crippen LogP contribution in [0.2, 0.25) is 0 Å². The number of aryl methyl sites for hydroxylation is 1. The second-order valence-corrected chi connectivity index (χ2v) is 6.70. The summed E-state index contributed by atoms with van der Waals surface area (Å²) in [5.74, 6) is 4.08. The summed E-state index contributed by atoms with van der Waals surface area (Å²) in [6, 6.07) is 15.8. The average Bonchev–Trinajstić information content (AvgIpc) is 3.10. The number of methoxy groups -OCH3 is 1. The van der Waals surface area contributed by atoms with Crippen molar-refractivity contribution in [2.75, 3.05) is 19.5 Å². The van der Waals surface area contributed by atoms with E-state index in [1.54, 1.807) is 25.1 Å². The minimum atomic E-state index is 0.634. The molecule has 3 aromatic rings. The number of hydrogen-bond donors (Lipinski definition) is 0. The molecule has 0 bridgehead atoms. The van der Waals surface area contributed by atoms with E-state index in [0.29, 0.717) is 12.5 Å². The van der Waals surface area contributed by atoms with Gasteiger partial charge in [-0.25, -0.2) is 4.98 Å². The smallest absolute Gasteiger partial charge is 0.226 e. The van der Waals surface area contributed by atoms with Gasteiger partial charge in [0.2, 0.25) is 5.89 Å². The van der Waals surface area contributed by atoms with Crippen molar-refractivity contribution in [2.24, 2.45) is 0 Å². The average molecular weight is 355 g/mol. The standard InChI is InChI=1S/C20H21NO3S/c1-15-4-3-5-19(12-15)23-10-11-25-14-17-13-24-20(21-17)16-6-8-18(22-2)9-7-16/h3-9,12-13H,10-11,14H2,1-2H3. The van der Waals surface area contributed by atoms with Gasteiger partial charge < -0.3 is 13.9 Å². The van der Waals surface area contributed by atoms with Gasteiger partial charge >= 0.3 is 0 Å². The van der Waals surface area contributed by atoms with E-state index in [2.05, 4.69) is 18.0 Å². The van der Waals surface area contributed by atoms with Crippen molar-refractivity contribution < 1.29 is 13.9 Å². The van der Waals surface area contributed by atoms with Crippen LogP contribution in [0.3, 0.4) is 0 Å². The summed E-state index contributed by atoms with van der Waals surface area (Å²) < 4.78 is 16.5. The Morgan fingerprint density at radius 3 is 2.68 bits per heavy atom. The maximum Gasteiger partial charge on any atom is 0.226 e. The monoisotopic (exact) mass is 355 g/mol. The largest absolute Gasteiger partial charge is 0.497 e. The van der Waals surface area contributed by atoms with E-state index in [-0.39, 0.29) is 0 Å².